The molecule has 102 valence electrons. The summed E-state index contributed by atoms with van der Waals surface area (Å²) in [6.45, 7) is 0.761. The molecule has 7 heteroatoms. The van der Waals surface area contributed by atoms with Crippen LogP contribution in [0.2, 0.25) is 10.2 Å². The van der Waals surface area contributed by atoms with Crippen molar-refractivity contribution in [1.82, 2.24) is 9.88 Å². The highest BCUT2D eigenvalue weighted by molar-refractivity contribution is 6.41. The molecule has 1 aromatic rings. The summed E-state index contributed by atoms with van der Waals surface area (Å²) in [5, 5.41) is 9.35. The largest absolute Gasteiger partial charge is 0.481 e. The Bertz CT molecular complexity index is 522. The van der Waals surface area contributed by atoms with Gasteiger partial charge in [0.25, 0.3) is 5.91 Å². The summed E-state index contributed by atoms with van der Waals surface area (Å²) in [4.78, 5) is 28.5. The van der Waals surface area contributed by atoms with Gasteiger partial charge < -0.3 is 10.0 Å². The molecule has 1 aliphatic heterocycles. The molecule has 0 spiro atoms. The van der Waals surface area contributed by atoms with Crippen molar-refractivity contribution in [2.24, 2.45) is 5.92 Å². The van der Waals surface area contributed by atoms with Crippen molar-refractivity contribution in [1.29, 1.82) is 0 Å². The van der Waals surface area contributed by atoms with Gasteiger partial charge in [-0.05, 0) is 18.9 Å². The van der Waals surface area contributed by atoms with Gasteiger partial charge in [0.2, 0.25) is 0 Å². The normalized spacial score (nSPS) is 19.3. The van der Waals surface area contributed by atoms with E-state index in [1.807, 2.05) is 0 Å². The predicted octanol–water partition coefficient (Wildman–Crippen LogP) is 2.33. The minimum atomic E-state index is -0.871. The number of rotatable bonds is 2. The molecule has 5 nitrogen and oxygen atoms in total. The number of hydrogen-bond acceptors (Lipinski definition) is 3. The van der Waals surface area contributed by atoms with Gasteiger partial charge in [0.05, 0.1) is 16.5 Å². The molecule has 0 radical (unpaired) electrons. The molecule has 19 heavy (non-hydrogen) atoms. The third kappa shape index (κ3) is 3.16. The zero-order valence-electron chi connectivity index (χ0n) is 9.97. The number of hydrogen-bond donors (Lipinski definition) is 1. The van der Waals surface area contributed by atoms with E-state index < -0.39 is 11.9 Å². The van der Waals surface area contributed by atoms with Crippen LogP contribution in [0.3, 0.4) is 0 Å². The fourth-order valence-electron chi connectivity index (χ4n) is 2.08. The van der Waals surface area contributed by atoms with E-state index in [0.29, 0.717) is 24.9 Å². The minimum Gasteiger partial charge on any atom is -0.481 e. The molecule has 1 unspecified atom stereocenters. The predicted molar refractivity (Wildman–Crippen MR) is 70.5 cm³/mol. The van der Waals surface area contributed by atoms with E-state index >= 15 is 0 Å². The van der Waals surface area contributed by atoms with Crippen LogP contribution >= 0.6 is 23.2 Å². The van der Waals surface area contributed by atoms with Crippen LogP contribution in [-0.4, -0.2) is 40.0 Å². The first kappa shape index (κ1) is 14.1. The number of halogens is 2. The Morgan fingerprint density at radius 2 is 2.16 bits per heavy atom. The van der Waals surface area contributed by atoms with Crippen LogP contribution in [0.15, 0.2) is 12.3 Å². The number of aliphatic carboxylic acids is 1. The van der Waals surface area contributed by atoms with Gasteiger partial charge in [-0.1, -0.05) is 23.2 Å². The molecule has 1 atom stereocenters. The lowest BCUT2D eigenvalue weighted by atomic mass is 9.98. The zero-order valence-corrected chi connectivity index (χ0v) is 11.5. The van der Waals surface area contributed by atoms with E-state index in [4.69, 9.17) is 28.3 Å². The highest BCUT2D eigenvalue weighted by atomic mass is 35.5. The first-order chi connectivity index (χ1) is 8.99. The van der Waals surface area contributed by atoms with Crippen LogP contribution in [0.4, 0.5) is 0 Å². The van der Waals surface area contributed by atoms with E-state index in [9.17, 15) is 9.59 Å². The van der Waals surface area contributed by atoms with Crippen LogP contribution in [0.1, 0.15) is 23.2 Å². The van der Waals surface area contributed by atoms with Crippen molar-refractivity contribution in [2.75, 3.05) is 13.1 Å². The Kier molecular flexibility index (Phi) is 4.27. The molecular weight excluding hydrogens is 291 g/mol. The van der Waals surface area contributed by atoms with Crippen molar-refractivity contribution < 1.29 is 14.7 Å². The van der Waals surface area contributed by atoms with Gasteiger partial charge in [-0.15, -0.1) is 0 Å². The summed E-state index contributed by atoms with van der Waals surface area (Å²) in [7, 11) is 0. The molecule has 0 bridgehead atoms. The number of carboxylic acids is 1. The third-order valence-electron chi connectivity index (χ3n) is 3.10. The van der Waals surface area contributed by atoms with E-state index in [1.54, 1.807) is 0 Å². The molecule has 0 saturated carbocycles. The summed E-state index contributed by atoms with van der Waals surface area (Å²) < 4.78 is 0. The molecule has 1 saturated heterocycles. The van der Waals surface area contributed by atoms with Crippen LogP contribution in [0.5, 0.6) is 0 Å². The van der Waals surface area contributed by atoms with Gasteiger partial charge in [0.1, 0.15) is 5.15 Å². The number of aromatic nitrogens is 1. The van der Waals surface area contributed by atoms with Crippen molar-refractivity contribution in [2.45, 2.75) is 12.8 Å². The number of piperidine rings is 1. The van der Waals surface area contributed by atoms with Crippen LogP contribution in [0.25, 0.3) is 0 Å². The van der Waals surface area contributed by atoms with Crippen LogP contribution < -0.4 is 0 Å². The Labute approximate surface area is 120 Å². The molecule has 1 aliphatic rings. The van der Waals surface area contributed by atoms with E-state index in [0.717, 1.165) is 0 Å². The lowest BCUT2D eigenvalue weighted by Crippen LogP contribution is -2.42. The smallest absolute Gasteiger partial charge is 0.308 e. The van der Waals surface area contributed by atoms with Gasteiger partial charge in [0, 0.05) is 19.3 Å². The third-order valence-corrected chi connectivity index (χ3v) is 3.79. The average Bonchev–Trinajstić information content (AvgIpc) is 2.41. The van der Waals surface area contributed by atoms with E-state index in [2.05, 4.69) is 4.98 Å². The molecule has 1 fully saturated rings. The Morgan fingerprint density at radius 3 is 2.79 bits per heavy atom. The lowest BCUT2D eigenvalue weighted by Gasteiger charge is -2.30. The maximum Gasteiger partial charge on any atom is 0.308 e. The van der Waals surface area contributed by atoms with Crippen molar-refractivity contribution in [3.05, 3.63) is 28.0 Å². The van der Waals surface area contributed by atoms with Crippen molar-refractivity contribution in [3.8, 4) is 0 Å². The second-order valence-electron chi connectivity index (χ2n) is 4.43. The second-order valence-corrected chi connectivity index (χ2v) is 5.19. The first-order valence-corrected chi connectivity index (χ1v) is 6.57. The molecular formula is C12H12Cl2N2O3. The van der Waals surface area contributed by atoms with E-state index in [-0.39, 0.29) is 22.6 Å². The van der Waals surface area contributed by atoms with Gasteiger partial charge in [0.15, 0.2) is 0 Å². The summed E-state index contributed by atoms with van der Waals surface area (Å²) in [6.07, 6.45) is 2.62. The number of carboxylic acid groups (broad SMARTS) is 1. The monoisotopic (exact) mass is 302 g/mol. The molecule has 0 aromatic carbocycles. The van der Waals surface area contributed by atoms with E-state index in [1.165, 1.54) is 17.2 Å². The molecule has 1 aromatic heterocycles. The quantitative estimate of drug-likeness (QED) is 0.851. The van der Waals surface area contributed by atoms with Gasteiger partial charge >= 0.3 is 5.97 Å². The lowest BCUT2D eigenvalue weighted by molar-refractivity contribution is -0.143. The minimum absolute atomic E-state index is 0.139. The fraction of sp³-hybridized carbons (Fsp3) is 0.417. The molecule has 0 aliphatic carbocycles. The topological polar surface area (TPSA) is 70.5 Å². The molecule has 2 heterocycles. The molecule has 2 rings (SSSR count). The Hall–Kier alpha value is -1.33. The second kappa shape index (κ2) is 5.75. The Morgan fingerprint density at radius 1 is 1.42 bits per heavy atom. The maximum absolute atomic E-state index is 12.2. The van der Waals surface area contributed by atoms with Crippen molar-refractivity contribution in [3.63, 3.8) is 0 Å². The Balaban J connectivity index is 2.14. The van der Waals surface area contributed by atoms with Gasteiger partial charge in [-0.3, -0.25) is 9.59 Å². The summed E-state index contributed by atoms with van der Waals surface area (Å²) in [5.41, 5.74) is 0.320. The number of nitrogens with zero attached hydrogens (tertiary/aromatic N) is 2. The van der Waals surface area contributed by atoms with Crippen molar-refractivity contribution >= 4 is 35.1 Å². The highest BCUT2D eigenvalue weighted by Crippen LogP contribution is 2.23. The number of carbonyl (C=O) groups excluding carboxylic acids is 1. The number of amides is 1. The fourth-order valence-corrected chi connectivity index (χ4v) is 2.35. The average molecular weight is 303 g/mol. The van der Waals surface area contributed by atoms with Crippen LogP contribution in [0, 0.1) is 5.92 Å². The number of pyridine rings is 1. The SMILES string of the molecule is O=C(O)C1CCCN(C(=O)c2cnc(Cl)c(Cl)c2)C1. The van der Waals surface area contributed by atoms with Crippen LogP contribution in [-0.2, 0) is 4.79 Å². The zero-order chi connectivity index (χ0) is 14.0. The van der Waals surface area contributed by atoms with Gasteiger partial charge in [-0.25, -0.2) is 4.98 Å². The standard InChI is InChI=1S/C12H12Cl2N2O3/c13-9-4-8(5-15-10(9)14)11(17)16-3-1-2-7(6-16)12(18)19/h4-5,7H,1-3,6H2,(H,18,19). The molecule has 1 amide bonds. The maximum atomic E-state index is 12.2. The highest BCUT2D eigenvalue weighted by Gasteiger charge is 2.28. The first-order valence-electron chi connectivity index (χ1n) is 5.82. The number of likely N-dealkylation sites (tertiary alicyclic amines) is 1. The van der Waals surface area contributed by atoms with Gasteiger partial charge in [-0.2, -0.15) is 0 Å². The summed E-state index contributed by atoms with van der Waals surface area (Å²) in [5.74, 6) is -1.64. The molecule has 1 N–H and O–H groups in total. The number of carbonyl (C=O) groups is 2. The summed E-state index contributed by atoms with van der Waals surface area (Å²) in [6, 6.07) is 1.45. The summed E-state index contributed by atoms with van der Waals surface area (Å²) >= 11 is 11.5.